The number of nitrogens with zero attached hydrogens (tertiary/aromatic N) is 1. The monoisotopic (exact) mass is 503 g/mol. The summed E-state index contributed by atoms with van der Waals surface area (Å²) in [6.45, 7) is 13.0. The number of hydrogen-bond donors (Lipinski definition) is 0. The summed E-state index contributed by atoms with van der Waals surface area (Å²) in [5, 5.41) is 0. The predicted molar refractivity (Wildman–Crippen MR) is 149 cm³/mol. The first kappa shape index (κ1) is 28.3. The average Bonchev–Trinajstić information content (AvgIpc) is 2.84. The quantitative estimate of drug-likeness (QED) is 0.231. The molecule has 1 atom stereocenters. The Morgan fingerprint density at radius 2 is 1.78 bits per heavy atom. The van der Waals surface area contributed by atoms with Gasteiger partial charge in [-0.2, -0.15) is 0 Å². The van der Waals surface area contributed by atoms with Crippen LogP contribution in [0.4, 0.5) is 10.5 Å². The zero-order valence-electron chi connectivity index (χ0n) is 23.4. The highest BCUT2D eigenvalue weighted by Crippen LogP contribution is 2.42. The fourth-order valence-corrected chi connectivity index (χ4v) is 4.61. The summed E-state index contributed by atoms with van der Waals surface area (Å²) in [6.07, 6.45) is 4.87. The molecule has 2 aromatic rings. The number of methoxy groups -OCH3 is 1. The van der Waals surface area contributed by atoms with E-state index < -0.39 is 5.60 Å². The molecule has 0 N–H and O–H groups in total. The molecule has 0 aliphatic carbocycles. The van der Waals surface area contributed by atoms with E-state index in [0.29, 0.717) is 12.1 Å². The molecule has 198 valence electrons. The number of benzene rings is 2. The minimum absolute atomic E-state index is 0.0302. The Labute approximate surface area is 222 Å². The topological polar surface area (TPSA) is 55.8 Å². The molecular weight excluding hydrogens is 462 g/mol. The standard InChI is InChI=1S/C32H41NO4/c1-8-9-10-11-24(15-12-23-13-16-25(17-14-23)29(34)36-7)26-18-19-27-28(22-26)33(21-20-32(27,5)6)30(35)37-31(2,3)4/h13-14,16-19,22,24H,8-11,20-21H2,1-7H3. The third-order valence-electron chi connectivity index (χ3n) is 6.81. The molecule has 1 unspecified atom stereocenters. The summed E-state index contributed by atoms with van der Waals surface area (Å²) in [6, 6.07) is 13.7. The van der Waals surface area contributed by atoms with Crippen LogP contribution in [0, 0.1) is 11.8 Å². The summed E-state index contributed by atoms with van der Waals surface area (Å²) in [5.74, 6) is 6.46. The normalized spacial score (nSPS) is 15.2. The molecule has 0 radical (unpaired) electrons. The van der Waals surface area contributed by atoms with Gasteiger partial charge >= 0.3 is 12.1 Å². The van der Waals surface area contributed by atoms with Crippen LogP contribution in [0.25, 0.3) is 0 Å². The minimum atomic E-state index is -0.556. The zero-order valence-corrected chi connectivity index (χ0v) is 23.4. The van der Waals surface area contributed by atoms with Crippen molar-refractivity contribution in [2.75, 3.05) is 18.6 Å². The van der Waals surface area contributed by atoms with Crippen LogP contribution in [0.3, 0.4) is 0 Å². The molecule has 1 aliphatic heterocycles. The number of esters is 1. The van der Waals surface area contributed by atoms with Crippen LogP contribution < -0.4 is 4.90 Å². The van der Waals surface area contributed by atoms with Gasteiger partial charge in [-0.3, -0.25) is 4.90 Å². The summed E-state index contributed by atoms with van der Waals surface area (Å²) in [7, 11) is 1.38. The maximum absolute atomic E-state index is 13.1. The molecular formula is C32H41NO4. The molecule has 5 nitrogen and oxygen atoms in total. The van der Waals surface area contributed by atoms with E-state index >= 15 is 0 Å². The third kappa shape index (κ3) is 7.38. The summed E-state index contributed by atoms with van der Waals surface area (Å²) in [4.78, 5) is 26.7. The van der Waals surface area contributed by atoms with Gasteiger partial charge < -0.3 is 9.47 Å². The highest BCUT2D eigenvalue weighted by molar-refractivity contribution is 5.90. The van der Waals surface area contributed by atoms with Crippen LogP contribution in [-0.4, -0.2) is 31.3 Å². The second-order valence-corrected chi connectivity index (χ2v) is 11.4. The van der Waals surface area contributed by atoms with Gasteiger partial charge in [0.15, 0.2) is 0 Å². The lowest BCUT2D eigenvalue weighted by atomic mass is 9.76. The molecule has 1 heterocycles. The number of carbonyl (C=O) groups excluding carboxylic acids is 2. The largest absolute Gasteiger partial charge is 0.465 e. The van der Waals surface area contributed by atoms with Gasteiger partial charge in [-0.15, -0.1) is 0 Å². The Morgan fingerprint density at radius 1 is 1.08 bits per heavy atom. The summed E-state index contributed by atoms with van der Waals surface area (Å²) >= 11 is 0. The van der Waals surface area contributed by atoms with Gasteiger partial charge in [-0.25, -0.2) is 9.59 Å². The van der Waals surface area contributed by atoms with Gasteiger partial charge in [0.1, 0.15) is 5.60 Å². The number of amides is 1. The Bertz CT molecular complexity index is 1160. The lowest BCUT2D eigenvalue weighted by molar-refractivity contribution is 0.0571. The fourth-order valence-electron chi connectivity index (χ4n) is 4.61. The van der Waals surface area contributed by atoms with Crippen LogP contribution in [0.2, 0.25) is 0 Å². The number of fused-ring (bicyclic) bond motifs is 1. The van der Waals surface area contributed by atoms with E-state index in [1.165, 1.54) is 7.11 Å². The van der Waals surface area contributed by atoms with Gasteiger partial charge in [-0.1, -0.05) is 64.0 Å². The first-order valence-electron chi connectivity index (χ1n) is 13.3. The predicted octanol–water partition coefficient (Wildman–Crippen LogP) is 7.61. The van der Waals surface area contributed by atoms with Crippen molar-refractivity contribution in [1.82, 2.24) is 0 Å². The number of ether oxygens (including phenoxy) is 2. The van der Waals surface area contributed by atoms with E-state index in [2.05, 4.69) is 50.8 Å². The number of hydrogen-bond acceptors (Lipinski definition) is 4. The van der Waals surface area contributed by atoms with Crippen LogP contribution in [0.15, 0.2) is 42.5 Å². The lowest BCUT2D eigenvalue weighted by Crippen LogP contribution is -2.43. The zero-order chi connectivity index (χ0) is 27.2. The summed E-state index contributed by atoms with van der Waals surface area (Å²) < 4.78 is 10.5. The van der Waals surface area contributed by atoms with Crippen molar-refractivity contribution < 1.29 is 19.1 Å². The van der Waals surface area contributed by atoms with Crippen molar-refractivity contribution >= 4 is 17.7 Å². The SMILES string of the molecule is CCCCCC(C#Cc1ccc(C(=O)OC)cc1)c1ccc2c(c1)N(C(=O)OC(C)(C)C)CCC2(C)C. The number of unbranched alkanes of at least 4 members (excludes halogenated alkanes) is 2. The van der Waals surface area contributed by atoms with Crippen LogP contribution in [-0.2, 0) is 14.9 Å². The number of rotatable bonds is 6. The van der Waals surface area contributed by atoms with Gasteiger partial charge in [0.2, 0.25) is 0 Å². The van der Waals surface area contributed by atoms with E-state index in [0.717, 1.165) is 54.5 Å². The third-order valence-corrected chi connectivity index (χ3v) is 6.81. The molecule has 2 aromatic carbocycles. The van der Waals surface area contributed by atoms with Crippen molar-refractivity contribution in [2.24, 2.45) is 0 Å². The molecule has 0 aromatic heterocycles. The smallest absolute Gasteiger partial charge is 0.414 e. The molecule has 0 saturated heterocycles. The average molecular weight is 504 g/mol. The highest BCUT2D eigenvalue weighted by Gasteiger charge is 2.36. The van der Waals surface area contributed by atoms with Crippen LogP contribution in [0.5, 0.6) is 0 Å². The van der Waals surface area contributed by atoms with Gasteiger partial charge in [-0.05, 0) is 80.5 Å². The Hall–Kier alpha value is -3.26. The molecule has 0 spiro atoms. The molecule has 3 rings (SSSR count). The van der Waals surface area contributed by atoms with E-state index in [1.54, 1.807) is 17.0 Å². The van der Waals surface area contributed by atoms with Gasteiger partial charge in [0.25, 0.3) is 0 Å². The lowest BCUT2D eigenvalue weighted by Gasteiger charge is -2.40. The second-order valence-electron chi connectivity index (χ2n) is 11.4. The van der Waals surface area contributed by atoms with E-state index in [9.17, 15) is 9.59 Å². The summed E-state index contributed by atoms with van der Waals surface area (Å²) in [5.41, 5.74) is 3.96. The first-order valence-corrected chi connectivity index (χ1v) is 13.3. The number of anilines is 1. The molecule has 0 bridgehead atoms. The molecule has 37 heavy (non-hydrogen) atoms. The maximum atomic E-state index is 13.1. The van der Waals surface area contributed by atoms with Crippen molar-refractivity contribution in [1.29, 1.82) is 0 Å². The fraction of sp³-hybridized carbons (Fsp3) is 0.500. The van der Waals surface area contributed by atoms with Gasteiger partial charge in [0, 0.05) is 18.0 Å². The van der Waals surface area contributed by atoms with Crippen molar-refractivity contribution in [3.8, 4) is 11.8 Å². The first-order chi connectivity index (χ1) is 17.4. The second kappa shape index (κ2) is 11.9. The maximum Gasteiger partial charge on any atom is 0.414 e. The minimum Gasteiger partial charge on any atom is -0.465 e. The van der Waals surface area contributed by atoms with Crippen molar-refractivity contribution in [3.05, 3.63) is 64.7 Å². The Morgan fingerprint density at radius 3 is 2.41 bits per heavy atom. The van der Waals surface area contributed by atoms with Crippen molar-refractivity contribution in [3.63, 3.8) is 0 Å². The molecule has 0 fully saturated rings. The van der Waals surface area contributed by atoms with E-state index in [4.69, 9.17) is 9.47 Å². The Kier molecular flexibility index (Phi) is 9.07. The van der Waals surface area contributed by atoms with Crippen molar-refractivity contribution in [2.45, 2.75) is 90.6 Å². The molecule has 0 saturated carbocycles. The Balaban J connectivity index is 1.97. The van der Waals surface area contributed by atoms with Crippen LogP contribution >= 0.6 is 0 Å². The highest BCUT2D eigenvalue weighted by atomic mass is 16.6. The number of carbonyl (C=O) groups is 2. The van der Waals surface area contributed by atoms with E-state index in [-0.39, 0.29) is 23.4 Å². The molecule has 1 amide bonds. The van der Waals surface area contributed by atoms with Gasteiger partial charge in [0.05, 0.1) is 18.4 Å². The van der Waals surface area contributed by atoms with E-state index in [1.807, 2.05) is 32.9 Å². The molecule has 1 aliphatic rings. The molecule has 5 heteroatoms. The van der Waals surface area contributed by atoms with Crippen LogP contribution in [0.1, 0.15) is 107 Å².